The summed E-state index contributed by atoms with van der Waals surface area (Å²) in [6.07, 6.45) is 0.628. The molecule has 4 aromatic rings. The molecule has 1 heterocycles. The van der Waals surface area contributed by atoms with Crippen molar-refractivity contribution in [1.29, 1.82) is 0 Å². The highest BCUT2D eigenvalue weighted by molar-refractivity contribution is 7.98. The second kappa shape index (κ2) is 7.78. The molecule has 0 aliphatic heterocycles. The number of nitrogens with zero attached hydrogens (tertiary/aromatic N) is 1. The second-order valence-corrected chi connectivity index (χ2v) is 8.28. The summed E-state index contributed by atoms with van der Waals surface area (Å²) in [5.74, 6) is 0.506. The number of hydrogen-bond donors (Lipinski definition) is 0. The fourth-order valence-corrected chi connectivity index (χ4v) is 4.92. The van der Waals surface area contributed by atoms with Crippen LogP contribution in [0.25, 0.3) is 10.8 Å². The zero-order chi connectivity index (χ0) is 17.9. The fraction of sp³-hybridized carbons (Fsp3) is 0.0952. The van der Waals surface area contributed by atoms with Gasteiger partial charge in [-0.15, -0.1) is 23.1 Å². The summed E-state index contributed by atoms with van der Waals surface area (Å²) in [5, 5.41) is 6.06. The van der Waals surface area contributed by atoms with Crippen LogP contribution in [0, 0.1) is 5.82 Å². The molecular weight excluding hydrogens is 385 g/mol. The van der Waals surface area contributed by atoms with Gasteiger partial charge in [-0.3, -0.25) is 0 Å². The quantitative estimate of drug-likeness (QED) is 0.336. The number of fused-ring (bicyclic) bond motifs is 1. The first-order valence-electron chi connectivity index (χ1n) is 8.17. The zero-order valence-corrected chi connectivity index (χ0v) is 16.2. The maximum Gasteiger partial charge on any atom is 0.124 e. The summed E-state index contributed by atoms with van der Waals surface area (Å²) < 4.78 is 13.2. The van der Waals surface area contributed by atoms with Crippen LogP contribution in [0.2, 0.25) is 5.02 Å². The Balaban J connectivity index is 1.46. The molecule has 4 rings (SSSR count). The lowest BCUT2D eigenvalue weighted by atomic mass is 10.1. The number of benzene rings is 3. The normalized spacial score (nSPS) is 11.2. The van der Waals surface area contributed by atoms with Gasteiger partial charge in [-0.05, 0) is 34.5 Å². The molecule has 0 aliphatic rings. The van der Waals surface area contributed by atoms with Gasteiger partial charge in [-0.1, -0.05) is 54.1 Å². The molecule has 26 heavy (non-hydrogen) atoms. The topological polar surface area (TPSA) is 12.9 Å². The lowest BCUT2D eigenvalue weighted by molar-refractivity contribution is 0.627. The van der Waals surface area contributed by atoms with Crippen LogP contribution in [0.3, 0.4) is 0 Å². The average molecular weight is 400 g/mol. The first kappa shape index (κ1) is 17.5. The molecule has 3 aromatic carbocycles. The van der Waals surface area contributed by atoms with Crippen LogP contribution in [0.1, 0.15) is 16.3 Å². The minimum atomic E-state index is -0.315. The van der Waals surface area contributed by atoms with Gasteiger partial charge in [0, 0.05) is 27.5 Å². The highest BCUT2D eigenvalue weighted by atomic mass is 35.5. The first-order chi connectivity index (χ1) is 12.7. The molecule has 0 N–H and O–H groups in total. The number of halogens is 2. The lowest BCUT2D eigenvalue weighted by Gasteiger charge is -2.05. The Labute approximate surface area is 164 Å². The van der Waals surface area contributed by atoms with Gasteiger partial charge >= 0.3 is 0 Å². The predicted molar refractivity (Wildman–Crippen MR) is 110 cm³/mol. The summed E-state index contributed by atoms with van der Waals surface area (Å²) >= 11 is 9.53. The van der Waals surface area contributed by atoms with Crippen LogP contribution in [0.5, 0.6) is 0 Å². The van der Waals surface area contributed by atoms with E-state index in [2.05, 4.69) is 47.8 Å². The van der Waals surface area contributed by atoms with Crippen molar-refractivity contribution in [2.24, 2.45) is 0 Å². The molecular formula is C21H15ClFNS2. The zero-order valence-electron chi connectivity index (χ0n) is 13.8. The Bertz CT molecular complexity index is 1060. The van der Waals surface area contributed by atoms with Gasteiger partial charge in [-0.2, -0.15) is 0 Å². The van der Waals surface area contributed by atoms with E-state index in [9.17, 15) is 4.39 Å². The fourth-order valence-electron chi connectivity index (χ4n) is 2.80. The monoisotopic (exact) mass is 399 g/mol. The number of aromatic nitrogens is 1. The van der Waals surface area contributed by atoms with Crippen LogP contribution >= 0.6 is 34.7 Å². The molecule has 0 fully saturated rings. The molecule has 1 nitrogen and oxygen atoms in total. The maximum absolute atomic E-state index is 13.2. The third-order valence-electron chi connectivity index (χ3n) is 4.08. The molecule has 1 aromatic heterocycles. The third-order valence-corrected chi connectivity index (χ3v) is 6.44. The van der Waals surface area contributed by atoms with Crippen molar-refractivity contribution < 1.29 is 4.39 Å². The van der Waals surface area contributed by atoms with Gasteiger partial charge < -0.3 is 0 Å². The van der Waals surface area contributed by atoms with Gasteiger partial charge in [0.2, 0.25) is 0 Å². The summed E-state index contributed by atoms with van der Waals surface area (Å²) in [4.78, 5) is 5.97. The Hall–Kier alpha value is -1.88. The van der Waals surface area contributed by atoms with Crippen molar-refractivity contribution in [3.8, 4) is 0 Å². The van der Waals surface area contributed by atoms with Crippen molar-refractivity contribution >= 4 is 45.5 Å². The van der Waals surface area contributed by atoms with Crippen molar-refractivity contribution in [3.63, 3.8) is 0 Å². The van der Waals surface area contributed by atoms with E-state index in [1.54, 1.807) is 29.2 Å². The molecule has 0 bridgehead atoms. The van der Waals surface area contributed by atoms with Crippen LogP contribution in [-0.4, -0.2) is 4.98 Å². The van der Waals surface area contributed by atoms with Crippen molar-refractivity contribution in [1.82, 2.24) is 4.98 Å². The van der Waals surface area contributed by atoms with Crippen LogP contribution in [0.4, 0.5) is 4.39 Å². The SMILES string of the molecule is Fc1ccc(Cc2nc(CSc3cccc4ccccc34)cs2)c(Cl)c1. The van der Waals surface area contributed by atoms with E-state index in [1.165, 1.54) is 27.8 Å². The summed E-state index contributed by atoms with van der Waals surface area (Å²) in [5.41, 5.74) is 1.96. The number of rotatable bonds is 5. The summed E-state index contributed by atoms with van der Waals surface area (Å²) in [6.45, 7) is 0. The van der Waals surface area contributed by atoms with Crippen molar-refractivity contribution in [2.75, 3.05) is 0 Å². The first-order valence-corrected chi connectivity index (χ1v) is 10.4. The van der Waals surface area contributed by atoms with Crippen LogP contribution in [-0.2, 0) is 12.2 Å². The Morgan fingerprint density at radius 1 is 1.04 bits per heavy atom. The maximum atomic E-state index is 13.2. The highest BCUT2D eigenvalue weighted by Gasteiger charge is 2.08. The molecule has 0 saturated carbocycles. The second-order valence-electron chi connectivity index (χ2n) is 5.91. The van der Waals surface area contributed by atoms with Crippen molar-refractivity contribution in [3.05, 3.63) is 93.1 Å². The Morgan fingerprint density at radius 3 is 2.77 bits per heavy atom. The summed E-state index contributed by atoms with van der Waals surface area (Å²) in [6, 6.07) is 19.3. The minimum Gasteiger partial charge on any atom is -0.245 e. The summed E-state index contributed by atoms with van der Waals surface area (Å²) in [7, 11) is 0. The molecule has 0 unspecified atom stereocenters. The minimum absolute atomic E-state index is 0.315. The smallest absolute Gasteiger partial charge is 0.124 e. The van der Waals surface area contributed by atoms with E-state index in [0.29, 0.717) is 11.4 Å². The largest absolute Gasteiger partial charge is 0.245 e. The molecule has 0 radical (unpaired) electrons. The lowest BCUT2D eigenvalue weighted by Crippen LogP contribution is -1.91. The van der Waals surface area contributed by atoms with E-state index in [0.717, 1.165) is 22.0 Å². The van der Waals surface area contributed by atoms with E-state index >= 15 is 0 Å². The molecule has 5 heteroatoms. The molecule has 0 atom stereocenters. The number of thioether (sulfide) groups is 1. The Kier molecular flexibility index (Phi) is 5.25. The molecule has 0 spiro atoms. The molecule has 0 aliphatic carbocycles. The van der Waals surface area contributed by atoms with Gasteiger partial charge in [0.25, 0.3) is 0 Å². The van der Waals surface area contributed by atoms with Crippen LogP contribution in [0.15, 0.2) is 70.9 Å². The van der Waals surface area contributed by atoms with E-state index < -0.39 is 0 Å². The van der Waals surface area contributed by atoms with E-state index in [1.807, 2.05) is 0 Å². The standard InChI is InChI=1S/C21H15ClFNS2/c22-19-11-16(23)9-8-15(19)10-21-24-17(13-26-21)12-25-20-7-3-5-14-4-1-2-6-18(14)20/h1-9,11,13H,10,12H2. The van der Waals surface area contributed by atoms with Gasteiger partial charge in [0.05, 0.1) is 10.7 Å². The van der Waals surface area contributed by atoms with Crippen LogP contribution < -0.4 is 0 Å². The molecule has 0 saturated heterocycles. The molecule has 0 amide bonds. The van der Waals surface area contributed by atoms with Gasteiger partial charge in [0.1, 0.15) is 5.82 Å². The van der Waals surface area contributed by atoms with E-state index in [-0.39, 0.29) is 5.82 Å². The van der Waals surface area contributed by atoms with E-state index in [4.69, 9.17) is 16.6 Å². The number of hydrogen-bond acceptors (Lipinski definition) is 3. The van der Waals surface area contributed by atoms with Gasteiger partial charge in [0.15, 0.2) is 0 Å². The predicted octanol–water partition coefficient (Wildman–Crippen LogP) is 6.97. The molecule has 130 valence electrons. The van der Waals surface area contributed by atoms with Crippen molar-refractivity contribution in [2.45, 2.75) is 17.1 Å². The highest BCUT2D eigenvalue weighted by Crippen LogP contribution is 2.31. The number of thiazole rings is 1. The third kappa shape index (κ3) is 3.93. The Morgan fingerprint density at radius 2 is 1.88 bits per heavy atom. The average Bonchev–Trinajstić information content (AvgIpc) is 3.10. The van der Waals surface area contributed by atoms with Gasteiger partial charge in [-0.25, -0.2) is 9.37 Å².